The van der Waals surface area contributed by atoms with Crippen molar-refractivity contribution in [1.82, 2.24) is 10.3 Å². The number of carbonyl (C=O) groups excluding carboxylic acids is 1. The van der Waals surface area contributed by atoms with Gasteiger partial charge in [-0.15, -0.1) is 0 Å². The molecule has 23 heavy (non-hydrogen) atoms. The van der Waals surface area contributed by atoms with Crippen LogP contribution in [0.3, 0.4) is 0 Å². The summed E-state index contributed by atoms with van der Waals surface area (Å²) in [5.41, 5.74) is 1.10. The Morgan fingerprint density at radius 3 is 2.61 bits per heavy atom. The molecule has 0 unspecified atom stereocenters. The molecule has 0 spiro atoms. The number of nitrogens with one attached hydrogen (secondary N) is 1. The van der Waals surface area contributed by atoms with Gasteiger partial charge < -0.3 is 5.32 Å². The molecular weight excluding hydrogens is 338 g/mol. The molecule has 0 saturated heterocycles. The van der Waals surface area contributed by atoms with Crippen molar-refractivity contribution >= 4 is 33.2 Å². The predicted molar refractivity (Wildman–Crippen MR) is 89.7 cm³/mol. The summed E-state index contributed by atoms with van der Waals surface area (Å²) in [5, 5.41) is 2.92. The van der Waals surface area contributed by atoms with Crippen LogP contribution in [0.25, 0.3) is 0 Å². The molecule has 0 aliphatic rings. The zero-order valence-corrected chi connectivity index (χ0v) is 14.0. The second-order valence-corrected chi connectivity index (χ2v) is 7.17. The van der Waals surface area contributed by atoms with E-state index in [9.17, 15) is 13.2 Å². The lowest BCUT2D eigenvalue weighted by molar-refractivity contribution is -0.119. The third-order valence-electron chi connectivity index (χ3n) is 3.02. The Morgan fingerprint density at radius 2 is 2.00 bits per heavy atom. The summed E-state index contributed by atoms with van der Waals surface area (Å²) >= 11 is 6.04. The minimum absolute atomic E-state index is 0.262. The average Bonchev–Trinajstić information content (AvgIpc) is 2.51. The second kappa shape index (κ2) is 7.43. The number of aromatic nitrogens is 1. The number of hydrogen-bond acceptors (Lipinski definition) is 4. The Morgan fingerprint density at radius 1 is 1.26 bits per heavy atom. The summed E-state index contributed by atoms with van der Waals surface area (Å²) in [5.74, 6) is -0.431. The SMILES string of the molecule is CS(=O)(=O)N(CC(=O)NCc1cccnc1)c1ccccc1Cl. The molecule has 0 radical (unpaired) electrons. The maximum absolute atomic E-state index is 12.1. The summed E-state index contributed by atoms with van der Waals surface area (Å²) in [7, 11) is -3.64. The molecule has 0 aliphatic carbocycles. The van der Waals surface area contributed by atoms with Gasteiger partial charge in [0, 0.05) is 18.9 Å². The first-order chi connectivity index (χ1) is 10.9. The molecule has 1 amide bonds. The normalized spacial score (nSPS) is 11.0. The van der Waals surface area contributed by atoms with Crippen molar-refractivity contribution in [3.8, 4) is 0 Å². The van der Waals surface area contributed by atoms with Crippen molar-refractivity contribution in [2.75, 3.05) is 17.1 Å². The van der Waals surface area contributed by atoms with Crippen LogP contribution in [0.4, 0.5) is 5.69 Å². The Labute approximate surface area is 140 Å². The van der Waals surface area contributed by atoms with Gasteiger partial charge in [-0.1, -0.05) is 29.8 Å². The van der Waals surface area contributed by atoms with Crippen LogP contribution in [0.2, 0.25) is 5.02 Å². The van der Waals surface area contributed by atoms with E-state index in [1.807, 2.05) is 6.07 Å². The Balaban J connectivity index is 2.10. The van der Waals surface area contributed by atoms with E-state index in [2.05, 4.69) is 10.3 Å². The first kappa shape index (κ1) is 17.2. The highest BCUT2D eigenvalue weighted by Crippen LogP contribution is 2.26. The zero-order valence-electron chi connectivity index (χ0n) is 12.4. The number of hydrogen-bond donors (Lipinski definition) is 1. The van der Waals surface area contributed by atoms with Gasteiger partial charge in [0.15, 0.2) is 0 Å². The van der Waals surface area contributed by atoms with Gasteiger partial charge in [0.25, 0.3) is 0 Å². The highest BCUT2D eigenvalue weighted by Gasteiger charge is 2.22. The van der Waals surface area contributed by atoms with Gasteiger partial charge in [-0.2, -0.15) is 0 Å². The Hall–Kier alpha value is -2.12. The Bertz CT molecular complexity index is 782. The van der Waals surface area contributed by atoms with Crippen molar-refractivity contribution in [2.45, 2.75) is 6.54 Å². The number of sulfonamides is 1. The van der Waals surface area contributed by atoms with Crippen LogP contribution in [0.1, 0.15) is 5.56 Å². The van der Waals surface area contributed by atoms with Gasteiger partial charge in [-0.25, -0.2) is 8.42 Å². The number of pyridine rings is 1. The molecular formula is C15H16ClN3O3S. The third-order valence-corrected chi connectivity index (χ3v) is 4.47. The van der Waals surface area contributed by atoms with Crippen LogP contribution in [0.15, 0.2) is 48.8 Å². The predicted octanol–water partition coefficient (Wildman–Crippen LogP) is 1.82. The van der Waals surface area contributed by atoms with Crippen LogP contribution in [-0.4, -0.2) is 32.1 Å². The molecule has 0 aliphatic heterocycles. The highest BCUT2D eigenvalue weighted by molar-refractivity contribution is 7.92. The molecule has 6 nitrogen and oxygen atoms in total. The molecule has 0 bridgehead atoms. The maximum Gasteiger partial charge on any atom is 0.241 e. The van der Waals surface area contributed by atoms with E-state index >= 15 is 0 Å². The Kier molecular flexibility index (Phi) is 5.57. The first-order valence-electron chi connectivity index (χ1n) is 6.76. The fourth-order valence-corrected chi connectivity index (χ4v) is 3.08. The number of carbonyl (C=O) groups is 1. The van der Waals surface area contributed by atoms with E-state index < -0.39 is 15.9 Å². The van der Waals surface area contributed by atoms with Crippen LogP contribution in [-0.2, 0) is 21.4 Å². The van der Waals surface area contributed by atoms with Crippen molar-refractivity contribution in [1.29, 1.82) is 0 Å². The molecule has 0 fully saturated rings. The van der Waals surface area contributed by atoms with E-state index in [4.69, 9.17) is 11.6 Å². The topological polar surface area (TPSA) is 79.4 Å². The molecule has 1 aromatic carbocycles. The van der Waals surface area contributed by atoms with Crippen LogP contribution >= 0.6 is 11.6 Å². The van der Waals surface area contributed by atoms with E-state index in [1.165, 1.54) is 0 Å². The van der Waals surface area contributed by atoms with Gasteiger partial charge >= 0.3 is 0 Å². The molecule has 1 heterocycles. The molecule has 122 valence electrons. The van der Waals surface area contributed by atoms with Gasteiger partial charge in [0.2, 0.25) is 15.9 Å². The van der Waals surface area contributed by atoms with Crippen molar-refractivity contribution < 1.29 is 13.2 Å². The monoisotopic (exact) mass is 353 g/mol. The maximum atomic E-state index is 12.1. The fourth-order valence-electron chi connectivity index (χ4n) is 1.92. The van der Waals surface area contributed by atoms with E-state index in [0.717, 1.165) is 16.1 Å². The summed E-state index contributed by atoms with van der Waals surface area (Å²) in [6, 6.07) is 10.0. The number of halogens is 1. The lowest BCUT2D eigenvalue weighted by Gasteiger charge is -2.22. The molecule has 8 heteroatoms. The van der Waals surface area contributed by atoms with Gasteiger partial charge in [0.1, 0.15) is 6.54 Å². The molecule has 0 atom stereocenters. The fraction of sp³-hybridized carbons (Fsp3) is 0.200. The van der Waals surface area contributed by atoms with Crippen molar-refractivity contribution in [3.63, 3.8) is 0 Å². The number of nitrogens with zero attached hydrogens (tertiary/aromatic N) is 2. The number of para-hydroxylation sites is 1. The van der Waals surface area contributed by atoms with Crippen LogP contribution in [0, 0.1) is 0 Å². The molecule has 2 aromatic rings. The third kappa shape index (κ3) is 4.94. The van der Waals surface area contributed by atoms with E-state index in [-0.39, 0.29) is 23.8 Å². The molecule has 0 saturated carbocycles. The summed E-state index contributed by atoms with van der Waals surface area (Å²) in [4.78, 5) is 16.0. The largest absolute Gasteiger partial charge is 0.350 e. The molecule has 1 N–H and O–H groups in total. The molecule has 1 aromatic heterocycles. The number of amides is 1. The average molecular weight is 354 g/mol. The number of anilines is 1. The lowest BCUT2D eigenvalue weighted by Crippen LogP contribution is -2.40. The minimum Gasteiger partial charge on any atom is -0.350 e. The highest BCUT2D eigenvalue weighted by atomic mass is 35.5. The van der Waals surface area contributed by atoms with Crippen molar-refractivity contribution in [2.24, 2.45) is 0 Å². The molecule has 2 rings (SSSR count). The van der Waals surface area contributed by atoms with E-state index in [1.54, 1.807) is 42.7 Å². The quantitative estimate of drug-likeness (QED) is 0.859. The van der Waals surface area contributed by atoms with Gasteiger partial charge in [0.05, 0.1) is 17.0 Å². The van der Waals surface area contributed by atoms with Crippen molar-refractivity contribution in [3.05, 3.63) is 59.4 Å². The number of benzene rings is 1. The minimum atomic E-state index is -3.64. The lowest BCUT2D eigenvalue weighted by atomic mass is 10.3. The second-order valence-electron chi connectivity index (χ2n) is 4.86. The van der Waals surface area contributed by atoms with Crippen LogP contribution < -0.4 is 9.62 Å². The van der Waals surface area contributed by atoms with E-state index in [0.29, 0.717) is 0 Å². The number of rotatable bonds is 6. The summed E-state index contributed by atoms with van der Waals surface area (Å²) in [6.45, 7) is -0.0738. The summed E-state index contributed by atoms with van der Waals surface area (Å²) < 4.78 is 24.9. The standard InChI is InChI=1S/C15H16ClN3O3S/c1-23(21,22)19(14-7-3-2-6-13(14)16)11-15(20)18-10-12-5-4-8-17-9-12/h2-9H,10-11H2,1H3,(H,18,20). The zero-order chi connectivity index (χ0) is 16.9. The van der Waals surface area contributed by atoms with Gasteiger partial charge in [-0.3, -0.25) is 14.1 Å². The smallest absolute Gasteiger partial charge is 0.241 e. The summed E-state index contributed by atoms with van der Waals surface area (Å²) in [6.07, 6.45) is 4.29. The van der Waals surface area contributed by atoms with Crippen LogP contribution in [0.5, 0.6) is 0 Å². The first-order valence-corrected chi connectivity index (χ1v) is 8.98. The van der Waals surface area contributed by atoms with Gasteiger partial charge in [-0.05, 0) is 23.8 Å².